The van der Waals surface area contributed by atoms with E-state index in [2.05, 4.69) is 121 Å². The van der Waals surface area contributed by atoms with E-state index in [0.717, 1.165) is 82.3 Å². The Morgan fingerprint density at radius 3 is 2.50 bits per heavy atom. The molecule has 0 radical (unpaired) electrons. The zero-order chi connectivity index (χ0) is 42.2. The van der Waals surface area contributed by atoms with Crippen molar-refractivity contribution in [2.75, 3.05) is 31.1 Å². The van der Waals surface area contributed by atoms with Gasteiger partial charge in [-0.15, -0.1) is 0 Å². The Hall–Kier alpha value is -5.46. The molecule has 9 rings (SSSR count). The van der Waals surface area contributed by atoms with Crippen LogP contribution in [0.2, 0.25) is 18.1 Å². The number of hydrogen-bond acceptors (Lipinski definition) is 6. The number of phenolic OH excluding ortho intramolecular Hbond substituents is 1. The van der Waals surface area contributed by atoms with E-state index in [4.69, 9.17) is 4.43 Å². The summed E-state index contributed by atoms with van der Waals surface area (Å²) in [6.07, 6.45) is 7.22. The number of hydrogen-bond donors (Lipinski definition) is 4. The molecule has 1 unspecified atom stereocenters. The third-order valence-corrected chi connectivity index (χ3v) is 17.6. The number of nitrogens with zero attached hydrogens (tertiary/aromatic N) is 3. The van der Waals surface area contributed by atoms with E-state index in [0.29, 0.717) is 31.1 Å². The molecule has 6 aromatic rings. The van der Waals surface area contributed by atoms with Gasteiger partial charge in [0.25, 0.3) is 0 Å². The summed E-state index contributed by atoms with van der Waals surface area (Å²) in [6.45, 7) is 15.9. The number of phenols is 1. The zero-order valence-electron chi connectivity index (χ0n) is 35.3. The van der Waals surface area contributed by atoms with E-state index in [1.165, 1.54) is 6.07 Å². The highest BCUT2D eigenvalue weighted by atomic mass is 28.4. The van der Waals surface area contributed by atoms with Gasteiger partial charge in [-0.05, 0) is 114 Å². The van der Waals surface area contributed by atoms with Crippen LogP contribution in [-0.4, -0.2) is 71.3 Å². The highest BCUT2D eigenvalue weighted by Crippen LogP contribution is 2.42. The van der Waals surface area contributed by atoms with Crippen molar-refractivity contribution >= 4 is 48.0 Å². The van der Waals surface area contributed by atoms with E-state index in [1.54, 1.807) is 17.0 Å². The van der Waals surface area contributed by atoms with Crippen molar-refractivity contribution < 1.29 is 19.4 Å². The first kappa shape index (κ1) is 41.3. The minimum absolute atomic E-state index is 0.00989. The van der Waals surface area contributed by atoms with Crippen LogP contribution in [0.3, 0.4) is 0 Å². The van der Waals surface area contributed by atoms with Crippen molar-refractivity contribution in [3.8, 4) is 16.9 Å². The summed E-state index contributed by atoms with van der Waals surface area (Å²) < 4.78 is 9.23. The lowest BCUT2D eigenvalue weighted by molar-refractivity contribution is 0.0838. The van der Waals surface area contributed by atoms with Gasteiger partial charge in [0.05, 0.1) is 23.3 Å². The summed E-state index contributed by atoms with van der Waals surface area (Å²) >= 11 is 0. The first-order chi connectivity index (χ1) is 28.8. The van der Waals surface area contributed by atoms with E-state index < -0.39 is 14.4 Å². The molecular weight excluding hydrogens is 767 g/mol. The fourth-order valence-electron chi connectivity index (χ4n) is 8.82. The molecule has 312 valence electrons. The van der Waals surface area contributed by atoms with Crippen LogP contribution in [0.1, 0.15) is 56.4 Å². The van der Waals surface area contributed by atoms with Gasteiger partial charge in [-0.3, -0.25) is 9.69 Å². The first-order valence-electron chi connectivity index (χ1n) is 21.2. The number of aromatic nitrogens is 2. The molecule has 5 heterocycles. The molecule has 60 heavy (non-hydrogen) atoms. The van der Waals surface area contributed by atoms with Crippen LogP contribution in [0.5, 0.6) is 5.75 Å². The number of fused-ring (bicyclic) bond motifs is 5. The third kappa shape index (κ3) is 8.58. The molecule has 0 saturated carbocycles. The number of anilines is 1. The molecule has 3 fully saturated rings. The molecule has 2 bridgehead atoms. The number of allylic oxidation sites excluding steroid dienone is 1. The second-order valence-electron chi connectivity index (χ2n) is 18.0. The second kappa shape index (κ2) is 16.9. The number of nitrogens with one attached hydrogen (secondary N) is 2. The van der Waals surface area contributed by atoms with Gasteiger partial charge in [-0.1, -0.05) is 87.5 Å². The normalized spacial score (nSPS) is 18.7. The highest BCUT2D eigenvalue weighted by Gasteiger charge is 2.41. The van der Waals surface area contributed by atoms with Crippen LogP contribution < -0.4 is 15.8 Å². The Labute approximate surface area is 353 Å². The third-order valence-electron chi connectivity index (χ3n) is 13.1. The highest BCUT2D eigenvalue weighted by molar-refractivity contribution is 6.74. The van der Waals surface area contributed by atoms with Gasteiger partial charge in [0, 0.05) is 54.9 Å². The summed E-state index contributed by atoms with van der Waals surface area (Å²) in [7, 11) is -2.21. The summed E-state index contributed by atoms with van der Waals surface area (Å²) in [5, 5.41) is 26.8. The fourth-order valence-corrected chi connectivity index (χ4v) is 10.1. The first-order valence-corrected chi connectivity index (χ1v) is 24.1. The van der Waals surface area contributed by atoms with Crippen LogP contribution in [0.25, 0.3) is 39.0 Å². The van der Waals surface area contributed by atoms with Crippen molar-refractivity contribution in [1.29, 1.82) is 0 Å². The van der Waals surface area contributed by atoms with Gasteiger partial charge in [0.2, 0.25) is 5.56 Å². The van der Waals surface area contributed by atoms with Crippen LogP contribution in [0, 0.1) is 5.92 Å². The summed E-state index contributed by atoms with van der Waals surface area (Å²) in [6, 6.07) is 31.7. The van der Waals surface area contributed by atoms with E-state index in [9.17, 15) is 19.8 Å². The number of rotatable bonds is 13. The number of aromatic amines is 1. The van der Waals surface area contributed by atoms with Crippen molar-refractivity contribution in [2.24, 2.45) is 5.92 Å². The summed E-state index contributed by atoms with van der Waals surface area (Å²) in [5.74, 6) is 0.403. The SMILES string of the molecule is CC(C)(C)[Si](C)(C)O[C@@H](CNCc1ccc2c(ccn2CC=Cc2ccc(-c3ccccc3)c(N(C(=O)O)C3CN4CCC3CC4)c2)c1)c1ccc(O)c2[nH]c(=O)ccc12. The monoisotopic (exact) mass is 823 g/mol. The Balaban J connectivity index is 0.984. The zero-order valence-corrected chi connectivity index (χ0v) is 36.3. The fraction of sp³-hybridized carbons (Fsp3) is 0.347. The lowest BCUT2D eigenvalue weighted by atomic mass is 9.82. The maximum absolute atomic E-state index is 13.0. The van der Waals surface area contributed by atoms with E-state index in [-0.39, 0.29) is 28.5 Å². The largest absolute Gasteiger partial charge is 0.506 e. The van der Waals surface area contributed by atoms with Gasteiger partial charge < -0.3 is 34.4 Å². The van der Waals surface area contributed by atoms with Gasteiger partial charge in [-0.25, -0.2) is 4.79 Å². The van der Waals surface area contributed by atoms with Crippen LogP contribution in [0.4, 0.5) is 10.5 Å². The Kier molecular flexibility index (Phi) is 11.6. The van der Waals surface area contributed by atoms with Gasteiger partial charge in [0.1, 0.15) is 5.75 Å². The average molecular weight is 824 g/mol. The minimum Gasteiger partial charge on any atom is -0.506 e. The molecule has 10 nitrogen and oxygen atoms in total. The standard InChI is InChI=1S/C49H57N5O5Si/c1-49(2,3)60(4,5)59-45(39-16-19-44(55)47-40(39)17-20-46(56)51-47)31-50-30-34-14-18-41-37(28-34)23-27-53(41)24-9-10-33-13-15-38(35-11-7-6-8-12-35)42(29-33)54(48(57)58)43-32-52-25-21-36(43)22-26-52/h6-20,23,27-29,36,43,45,50,55H,21-22,24-26,30-32H2,1-5H3,(H,51,56)(H,57,58)/t43?,45-/m0/s1. The van der Waals surface area contributed by atoms with Crippen LogP contribution in [0.15, 0.2) is 114 Å². The molecule has 2 aromatic heterocycles. The number of carbonyl (C=O) groups is 1. The number of amides is 1. The average Bonchev–Trinajstić information content (AvgIpc) is 3.63. The molecule has 3 saturated heterocycles. The van der Waals surface area contributed by atoms with Gasteiger partial charge in [0.15, 0.2) is 8.32 Å². The van der Waals surface area contributed by atoms with E-state index in [1.807, 2.05) is 30.3 Å². The molecule has 4 N–H and O–H groups in total. The van der Waals surface area contributed by atoms with Crippen molar-refractivity contribution in [3.05, 3.63) is 136 Å². The molecular formula is C49H57N5O5Si. The number of aromatic hydroxyl groups is 1. The molecule has 2 atom stereocenters. The number of pyridine rings is 1. The number of carboxylic acid groups (broad SMARTS) is 1. The lowest BCUT2D eigenvalue weighted by Gasteiger charge is -2.48. The van der Waals surface area contributed by atoms with Crippen LogP contribution in [-0.2, 0) is 17.5 Å². The topological polar surface area (TPSA) is 123 Å². The van der Waals surface area contributed by atoms with Gasteiger partial charge >= 0.3 is 6.09 Å². The molecule has 3 aliphatic rings. The van der Waals surface area contributed by atoms with Crippen molar-refractivity contribution in [3.63, 3.8) is 0 Å². The lowest BCUT2D eigenvalue weighted by Crippen LogP contribution is -2.59. The molecule has 3 aliphatic heterocycles. The molecule has 0 aliphatic carbocycles. The Bertz CT molecular complexity index is 2590. The number of H-pyrrole nitrogens is 1. The van der Waals surface area contributed by atoms with Crippen molar-refractivity contribution in [2.45, 2.75) is 77.0 Å². The molecule has 11 heteroatoms. The number of benzene rings is 4. The van der Waals surface area contributed by atoms with Crippen molar-refractivity contribution in [1.82, 2.24) is 19.8 Å². The molecule has 4 aromatic carbocycles. The minimum atomic E-state index is -2.21. The quantitative estimate of drug-likeness (QED) is 0.0856. The predicted octanol–water partition coefficient (Wildman–Crippen LogP) is 10.0. The summed E-state index contributed by atoms with van der Waals surface area (Å²) in [5.41, 5.74) is 7.01. The summed E-state index contributed by atoms with van der Waals surface area (Å²) in [4.78, 5) is 32.1. The Morgan fingerprint density at radius 2 is 1.78 bits per heavy atom. The van der Waals surface area contributed by atoms with E-state index >= 15 is 0 Å². The van der Waals surface area contributed by atoms with Crippen LogP contribution >= 0.6 is 0 Å². The maximum Gasteiger partial charge on any atom is 0.412 e. The molecule has 0 spiro atoms. The maximum atomic E-state index is 13.0. The number of piperidine rings is 3. The van der Waals surface area contributed by atoms with Gasteiger partial charge in [-0.2, -0.15) is 0 Å². The second-order valence-corrected chi connectivity index (χ2v) is 22.8. The predicted molar refractivity (Wildman–Crippen MR) is 245 cm³/mol. The Morgan fingerprint density at radius 1 is 1.00 bits per heavy atom. The molecule has 1 amide bonds. The smallest absolute Gasteiger partial charge is 0.412 e.